The zero-order chi connectivity index (χ0) is 14.4. The van der Waals surface area contributed by atoms with Gasteiger partial charge in [0.05, 0.1) is 11.6 Å². The van der Waals surface area contributed by atoms with E-state index < -0.39 is 0 Å². The lowest BCUT2D eigenvalue weighted by atomic mass is 9.97. The van der Waals surface area contributed by atoms with Crippen LogP contribution < -0.4 is 5.32 Å². The summed E-state index contributed by atoms with van der Waals surface area (Å²) in [5.74, 6) is 0.434. The number of hydrogen-bond acceptors (Lipinski definition) is 3. The van der Waals surface area contributed by atoms with Gasteiger partial charge < -0.3 is 5.32 Å². The van der Waals surface area contributed by atoms with Crippen LogP contribution in [0.25, 0.3) is 0 Å². The Bertz CT molecular complexity index is 481. The Morgan fingerprint density at radius 2 is 2.35 bits per heavy atom. The minimum Gasteiger partial charge on any atom is -0.317 e. The molecule has 1 N–H and O–H groups in total. The van der Waals surface area contributed by atoms with Crippen molar-refractivity contribution in [2.24, 2.45) is 5.92 Å². The van der Waals surface area contributed by atoms with Gasteiger partial charge in [0.1, 0.15) is 5.82 Å². The smallest absolute Gasteiger partial charge is 0.127 e. The lowest BCUT2D eigenvalue weighted by molar-refractivity contribution is 0.164. The predicted octanol–water partition coefficient (Wildman–Crippen LogP) is 2.52. The number of halogens is 1. The Hall–Kier alpha value is -1.44. The van der Waals surface area contributed by atoms with Crippen molar-refractivity contribution in [1.29, 1.82) is 5.26 Å². The van der Waals surface area contributed by atoms with Crippen LogP contribution in [0.4, 0.5) is 4.39 Å². The van der Waals surface area contributed by atoms with Gasteiger partial charge in [-0.3, -0.25) is 4.90 Å². The zero-order valence-corrected chi connectivity index (χ0v) is 12.0. The average Bonchev–Trinajstić information content (AvgIpc) is 2.48. The third-order valence-corrected chi connectivity index (χ3v) is 3.85. The van der Waals surface area contributed by atoms with Crippen molar-refractivity contribution in [3.63, 3.8) is 0 Å². The van der Waals surface area contributed by atoms with Crippen molar-refractivity contribution in [3.05, 3.63) is 35.1 Å². The molecule has 1 aromatic carbocycles. The highest BCUT2D eigenvalue weighted by Crippen LogP contribution is 2.20. The van der Waals surface area contributed by atoms with Crippen molar-refractivity contribution in [2.45, 2.75) is 26.3 Å². The van der Waals surface area contributed by atoms with E-state index in [1.807, 2.05) is 0 Å². The first-order valence-corrected chi connectivity index (χ1v) is 7.34. The molecule has 1 aliphatic rings. The quantitative estimate of drug-likeness (QED) is 0.897. The Balaban J connectivity index is 1.97. The van der Waals surface area contributed by atoms with Gasteiger partial charge in [0, 0.05) is 18.7 Å². The maximum absolute atomic E-state index is 13.8. The van der Waals surface area contributed by atoms with E-state index in [2.05, 4.69) is 23.2 Å². The molecular formula is C16H22FN3. The number of likely N-dealkylation sites (tertiary alicyclic amines) is 1. The van der Waals surface area contributed by atoms with Crippen LogP contribution in [0.5, 0.6) is 0 Å². The van der Waals surface area contributed by atoms with E-state index in [-0.39, 0.29) is 5.82 Å². The molecular weight excluding hydrogens is 253 g/mol. The third-order valence-electron chi connectivity index (χ3n) is 3.85. The van der Waals surface area contributed by atoms with Crippen molar-refractivity contribution < 1.29 is 4.39 Å². The van der Waals surface area contributed by atoms with Gasteiger partial charge >= 0.3 is 0 Å². The highest BCUT2D eigenvalue weighted by Gasteiger charge is 2.20. The lowest BCUT2D eigenvalue weighted by Gasteiger charge is -2.33. The van der Waals surface area contributed by atoms with Crippen LogP contribution in [-0.2, 0) is 6.54 Å². The summed E-state index contributed by atoms with van der Waals surface area (Å²) in [5, 5.41) is 12.3. The summed E-state index contributed by atoms with van der Waals surface area (Å²) in [6.07, 6.45) is 2.40. The van der Waals surface area contributed by atoms with E-state index in [1.54, 1.807) is 6.07 Å². The molecule has 0 spiro atoms. The molecule has 2 rings (SSSR count). The third kappa shape index (κ3) is 4.03. The molecule has 0 radical (unpaired) electrons. The van der Waals surface area contributed by atoms with E-state index in [0.717, 1.165) is 32.6 Å². The number of nitriles is 1. The normalized spacial score (nSPS) is 19.8. The lowest BCUT2D eigenvalue weighted by Crippen LogP contribution is -2.39. The topological polar surface area (TPSA) is 39.1 Å². The van der Waals surface area contributed by atoms with Gasteiger partial charge in [-0.25, -0.2) is 4.39 Å². The first-order valence-electron chi connectivity index (χ1n) is 7.34. The summed E-state index contributed by atoms with van der Waals surface area (Å²) in [4.78, 5) is 2.30. The minimum absolute atomic E-state index is 0.210. The fraction of sp³-hybridized carbons (Fsp3) is 0.562. The molecule has 0 amide bonds. The first-order chi connectivity index (χ1) is 9.72. The van der Waals surface area contributed by atoms with Crippen LogP contribution in [0.2, 0.25) is 0 Å². The van der Waals surface area contributed by atoms with E-state index in [1.165, 1.54) is 18.6 Å². The Labute approximate surface area is 120 Å². The number of nitrogens with one attached hydrogen (secondary N) is 1. The van der Waals surface area contributed by atoms with Crippen LogP contribution in [0.3, 0.4) is 0 Å². The maximum Gasteiger partial charge on any atom is 0.127 e. The van der Waals surface area contributed by atoms with E-state index in [4.69, 9.17) is 5.26 Å². The van der Waals surface area contributed by atoms with Crippen LogP contribution >= 0.6 is 0 Å². The van der Waals surface area contributed by atoms with Crippen molar-refractivity contribution in [1.82, 2.24) is 10.2 Å². The summed E-state index contributed by atoms with van der Waals surface area (Å²) in [6, 6.07) is 6.67. The molecule has 4 heteroatoms. The zero-order valence-electron chi connectivity index (χ0n) is 12.0. The van der Waals surface area contributed by atoms with E-state index in [0.29, 0.717) is 23.6 Å². The number of nitrogens with zero attached hydrogens (tertiary/aromatic N) is 2. The fourth-order valence-corrected chi connectivity index (χ4v) is 2.82. The second kappa shape index (κ2) is 7.37. The number of benzene rings is 1. The molecule has 0 aromatic heterocycles. The molecule has 0 bridgehead atoms. The number of piperidine rings is 1. The van der Waals surface area contributed by atoms with Gasteiger partial charge in [0.25, 0.3) is 0 Å². The molecule has 20 heavy (non-hydrogen) atoms. The molecule has 1 aliphatic heterocycles. The second-order valence-electron chi connectivity index (χ2n) is 5.47. The molecule has 0 saturated carbocycles. The Morgan fingerprint density at radius 3 is 3.10 bits per heavy atom. The Kier molecular flexibility index (Phi) is 5.51. The van der Waals surface area contributed by atoms with Crippen LogP contribution in [0.15, 0.2) is 18.2 Å². The SMILES string of the molecule is CCNCC1CCCN(Cc2cc(C#N)ccc2F)C1. The second-order valence-corrected chi connectivity index (χ2v) is 5.47. The highest BCUT2D eigenvalue weighted by molar-refractivity contribution is 5.33. The highest BCUT2D eigenvalue weighted by atomic mass is 19.1. The molecule has 1 heterocycles. The predicted molar refractivity (Wildman–Crippen MR) is 77.7 cm³/mol. The largest absolute Gasteiger partial charge is 0.317 e. The minimum atomic E-state index is -0.210. The van der Waals surface area contributed by atoms with Crippen LogP contribution in [0, 0.1) is 23.1 Å². The van der Waals surface area contributed by atoms with Gasteiger partial charge in [0.2, 0.25) is 0 Å². The molecule has 1 atom stereocenters. The summed E-state index contributed by atoms with van der Waals surface area (Å²) in [5.41, 5.74) is 1.16. The number of rotatable bonds is 5. The van der Waals surface area contributed by atoms with Crippen molar-refractivity contribution >= 4 is 0 Å². The van der Waals surface area contributed by atoms with Gasteiger partial charge in [0.15, 0.2) is 0 Å². The molecule has 1 unspecified atom stereocenters. The van der Waals surface area contributed by atoms with Crippen LogP contribution in [0.1, 0.15) is 30.9 Å². The van der Waals surface area contributed by atoms with E-state index in [9.17, 15) is 4.39 Å². The van der Waals surface area contributed by atoms with Gasteiger partial charge in [-0.05, 0) is 56.6 Å². The van der Waals surface area contributed by atoms with Crippen LogP contribution in [-0.4, -0.2) is 31.1 Å². The molecule has 0 aliphatic carbocycles. The molecule has 3 nitrogen and oxygen atoms in total. The van der Waals surface area contributed by atoms with Gasteiger partial charge in [-0.1, -0.05) is 6.92 Å². The fourth-order valence-electron chi connectivity index (χ4n) is 2.82. The standard InChI is InChI=1S/C16H22FN3/c1-2-19-10-14-4-3-7-20(11-14)12-15-8-13(9-18)5-6-16(15)17/h5-6,8,14,19H,2-4,7,10-12H2,1H3. The summed E-state index contributed by atoms with van der Waals surface area (Å²) in [7, 11) is 0. The monoisotopic (exact) mass is 275 g/mol. The Morgan fingerprint density at radius 1 is 1.50 bits per heavy atom. The molecule has 1 fully saturated rings. The summed E-state index contributed by atoms with van der Waals surface area (Å²) >= 11 is 0. The molecule has 1 aromatic rings. The maximum atomic E-state index is 13.8. The summed E-state index contributed by atoms with van der Waals surface area (Å²) < 4.78 is 13.8. The van der Waals surface area contributed by atoms with E-state index >= 15 is 0 Å². The molecule has 108 valence electrons. The summed E-state index contributed by atoms with van der Waals surface area (Å²) in [6.45, 7) is 6.76. The van der Waals surface area contributed by atoms with Crippen molar-refractivity contribution in [2.75, 3.05) is 26.2 Å². The van der Waals surface area contributed by atoms with Crippen molar-refractivity contribution in [3.8, 4) is 6.07 Å². The van der Waals surface area contributed by atoms with Gasteiger partial charge in [-0.2, -0.15) is 5.26 Å². The number of hydrogen-bond donors (Lipinski definition) is 1. The van der Waals surface area contributed by atoms with Gasteiger partial charge in [-0.15, -0.1) is 0 Å². The molecule has 1 saturated heterocycles. The average molecular weight is 275 g/mol. The first kappa shape index (κ1) is 15.0.